The van der Waals surface area contributed by atoms with Crippen LogP contribution in [0.15, 0.2) is 77.9 Å². The molecule has 0 fully saturated rings. The van der Waals surface area contributed by atoms with E-state index in [-0.39, 0.29) is 6.04 Å². The van der Waals surface area contributed by atoms with E-state index in [1.807, 2.05) is 29.2 Å². The van der Waals surface area contributed by atoms with Crippen molar-refractivity contribution >= 4 is 11.3 Å². The highest BCUT2D eigenvalue weighted by molar-refractivity contribution is 7.07. The molecule has 0 aliphatic carbocycles. The number of pyridine rings is 1. The molecule has 1 aromatic carbocycles. The minimum Gasteiger partial charge on any atom is -0.304 e. The van der Waals surface area contributed by atoms with Crippen molar-refractivity contribution in [2.24, 2.45) is 0 Å². The molecule has 3 aromatic heterocycles. The lowest BCUT2D eigenvalue weighted by Crippen LogP contribution is -2.24. The van der Waals surface area contributed by atoms with Gasteiger partial charge in [-0.1, -0.05) is 24.3 Å². The van der Waals surface area contributed by atoms with Gasteiger partial charge >= 0.3 is 0 Å². The first-order chi connectivity index (χ1) is 13.3. The Labute approximate surface area is 163 Å². The van der Waals surface area contributed by atoms with Gasteiger partial charge in [0.15, 0.2) is 0 Å². The Bertz CT molecular complexity index is 960. The summed E-state index contributed by atoms with van der Waals surface area (Å²) < 4.78 is 1.91. The molecule has 0 bridgehead atoms. The van der Waals surface area contributed by atoms with Crippen LogP contribution in [0.4, 0.5) is 0 Å². The van der Waals surface area contributed by atoms with Crippen molar-refractivity contribution in [2.45, 2.75) is 25.9 Å². The molecule has 5 heteroatoms. The van der Waals surface area contributed by atoms with E-state index in [1.165, 1.54) is 16.7 Å². The summed E-state index contributed by atoms with van der Waals surface area (Å²) in [6, 6.07) is 16.9. The topological polar surface area (TPSA) is 42.7 Å². The van der Waals surface area contributed by atoms with Crippen LogP contribution in [-0.2, 0) is 13.0 Å². The van der Waals surface area contributed by atoms with E-state index in [2.05, 4.69) is 69.5 Å². The second kappa shape index (κ2) is 8.29. The molecule has 1 N–H and O–H groups in total. The standard InChI is InChI=1S/C22H22N4S/c1-17-7-8-20(23-14-17)21(13-18-9-12-27-16-18)24-15-19-5-2-3-6-22(19)26-11-4-10-25-26/h2-12,14,16,21,24H,13,15H2,1H3. The Kier molecular flexibility index (Phi) is 5.42. The lowest BCUT2D eigenvalue weighted by molar-refractivity contribution is 0.517. The van der Waals surface area contributed by atoms with Crippen LogP contribution in [0.1, 0.15) is 28.4 Å². The summed E-state index contributed by atoms with van der Waals surface area (Å²) in [5, 5.41) is 12.4. The Balaban J connectivity index is 1.56. The van der Waals surface area contributed by atoms with E-state index in [0.717, 1.165) is 24.3 Å². The Morgan fingerprint density at radius 3 is 2.78 bits per heavy atom. The number of nitrogens with one attached hydrogen (secondary N) is 1. The molecule has 0 aliphatic rings. The molecule has 27 heavy (non-hydrogen) atoms. The second-order valence-electron chi connectivity index (χ2n) is 6.61. The van der Waals surface area contributed by atoms with Crippen molar-refractivity contribution in [1.29, 1.82) is 0 Å². The predicted molar refractivity (Wildman–Crippen MR) is 110 cm³/mol. The van der Waals surface area contributed by atoms with Crippen LogP contribution in [0.25, 0.3) is 5.69 Å². The fourth-order valence-corrected chi connectivity index (χ4v) is 3.82. The predicted octanol–water partition coefficient (Wildman–Crippen LogP) is 4.71. The minimum absolute atomic E-state index is 0.158. The van der Waals surface area contributed by atoms with Crippen LogP contribution in [0, 0.1) is 6.92 Å². The van der Waals surface area contributed by atoms with Gasteiger partial charge in [-0.2, -0.15) is 16.4 Å². The van der Waals surface area contributed by atoms with E-state index in [0.29, 0.717) is 0 Å². The minimum atomic E-state index is 0.158. The highest BCUT2D eigenvalue weighted by Gasteiger charge is 2.15. The molecule has 1 atom stereocenters. The van der Waals surface area contributed by atoms with Gasteiger partial charge in [0.1, 0.15) is 0 Å². The van der Waals surface area contributed by atoms with Gasteiger partial charge in [-0.15, -0.1) is 0 Å². The van der Waals surface area contributed by atoms with Crippen LogP contribution < -0.4 is 5.32 Å². The molecule has 0 radical (unpaired) electrons. The summed E-state index contributed by atoms with van der Waals surface area (Å²) in [4.78, 5) is 4.67. The number of aryl methyl sites for hydroxylation is 1. The Morgan fingerprint density at radius 1 is 1.11 bits per heavy atom. The fourth-order valence-electron chi connectivity index (χ4n) is 3.14. The molecule has 4 aromatic rings. The molecule has 0 saturated carbocycles. The zero-order valence-corrected chi connectivity index (χ0v) is 16.1. The number of hydrogen-bond acceptors (Lipinski definition) is 4. The fraction of sp³-hybridized carbons (Fsp3) is 0.182. The van der Waals surface area contributed by atoms with Gasteiger partial charge in [-0.25, -0.2) is 4.68 Å². The SMILES string of the molecule is Cc1ccc(C(Cc2ccsc2)NCc2ccccc2-n2cccn2)nc1. The van der Waals surface area contributed by atoms with Gasteiger partial charge in [-0.3, -0.25) is 4.98 Å². The summed E-state index contributed by atoms with van der Waals surface area (Å²) in [7, 11) is 0. The molecular formula is C22H22N4S. The van der Waals surface area contributed by atoms with Gasteiger partial charge in [-0.05, 0) is 65.1 Å². The average molecular weight is 375 g/mol. The molecule has 4 nitrogen and oxygen atoms in total. The lowest BCUT2D eigenvalue weighted by Gasteiger charge is -2.19. The normalized spacial score (nSPS) is 12.2. The zero-order chi connectivity index (χ0) is 18.5. The first-order valence-electron chi connectivity index (χ1n) is 9.04. The second-order valence-corrected chi connectivity index (χ2v) is 7.39. The largest absolute Gasteiger partial charge is 0.304 e. The molecule has 0 saturated heterocycles. The Hall–Kier alpha value is -2.76. The van der Waals surface area contributed by atoms with Gasteiger partial charge in [0.05, 0.1) is 17.4 Å². The summed E-state index contributed by atoms with van der Waals surface area (Å²) >= 11 is 1.73. The third-order valence-electron chi connectivity index (χ3n) is 4.59. The molecule has 136 valence electrons. The van der Waals surface area contributed by atoms with Gasteiger partial charge in [0, 0.05) is 25.1 Å². The summed E-state index contributed by atoms with van der Waals surface area (Å²) in [5.74, 6) is 0. The molecular weight excluding hydrogens is 352 g/mol. The number of benzene rings is 1. The number of thiophene rings is 1. The van der Waals surface area contributed by atoms with Crippen molar-refractivity contribution < 1.29 is 0 Å². The monoisotopic (exact) mass is 374 g/mol. The first kappa shape index (κ1) is 17.6. The van der Waals surface area contributed by atoms with E-state index < -0.39 is 0 Å². The van der Waals surface area contributed by atoms with Crippen LogP contribution in [0.2, 0.25) is 0 Å². The maximum Gasteiger partial charge on any atom is 0.0690 e. The molecule has 0 aliphatic heterocycles. The maximum atomic E-state index is 4.67. The summed E-state index contributed by atoms with van der Waals surface area (Å²) in [6.45, 7) is 2.82. The summed E-state index contributed by atoms with van der Waals surface area (Å²) in [5.41, 5.74) is 5.89. The quantitative estimate of drug-likeness (QED) is 0.509. The highest BCUT2D eigenvalue weighted by atomic mass is 32.1. The number of aromatic nitrogens is 3. The van der Waals surface area contributed by atoms with Crippen molar-refractivity contribution in [3.63, 3.8) is 0 Å². The first-order valence-corrected chi connectivity index (χ1v) is 9.99. The lowest BCUT2D eigenvalue weighted by atomic mass is 10.0. The van der Waals surface area contributed by atoms with Crippen molar-refractivity contribution in [2.75, 3.05) is 0 Å². The van der Waals surface area contributed by atoms with E-state index >= 15 is 0 Å². The Morgan fingerprint density at radius 2 is 2.04 bits per heavy atom. The van der Waals surface area contributed by atoms with Crippen LogP contribution in [0.5, 0.6) is 0 Å². The summed E-state index contributed by atoms with van der Waals surface area (Å²) in [6.07, 6.45) is 6.64. The van der Waals surface area contributed by atoms with E-state index in [1.54, 1.807) is 17.5 Å². The molecule has 0 amide bonds. The van der Waals surface area contributed by atoms with Crippen LogP contribution in [-0.4, -0.2) is 14.8 Å². The molecule has 1 unspecified atom stereocenters. The number of hydrogen-bond donors (Lipinski definition) is 1. The van der Waals surface area contributed by atoms with Crippen molar-refractivity contribution in [3.05, 3.63) is 100 Å². The van der Waals surface area contributed by atoms with E-state index in [4.69, 9.17) is 0 Å². The maximum absolute atomic E-state index is 4.67. The van der Waals surface area contributed by atoms with Gasteiger partial charge in [0.2, 0.25) is 0 Å². The molecule has 3 heterocycles. The van der Waals surface area contributed by atoms with Gasteiger partial charge in [0.25, 0.3) is 0 Å². The third kappa shape index (κ3) is 4.32. The average Bonchev–Trinajstić information content (AvgIpc) is 3.40. The van der Waals surface area contributed by atoms with Crippen molar-refractivity contribution in [1.82, 2.24) is 20.1 Å². The molecule has 0 spiro atoms. The van der Waals surface area contributed by atoms with Gasteiger partial charge < -0.3 is 5.32 Å². The van der Waals surface area contributed by atoms with Crippen LogP contribution in [0.3, 0.4) is 0 Å². The third-order valence-corrected chi connectivity index (χ3v) is 5.32. The smallest absolute Gasteiger partial charge is 0.0690 e. The van der Waals surface area contributed by atoms with E-state index in [9.17, 15) is 0 Å². The zero-order valence-electron chi connectivity index (χ0n) is 15.2. The van der Waals surface area contributed by atoms with Crippen molar-refractivity contribution in [3.8, 4) is 5.69 Å². The molecule has 4 rings (SSSR count). The van der Waals surface area contributed by atoms with Crippen LogP contribution >= 0.6 is 11.3 Å². The highest BCUT2D eigenvalue weighted by Crippen LogP contribution is 2.21. The number of nitrogens with zero attached hydrogens (tertiary/aromatic N) is 3. The number of para-hydroxylation sites is 1. The number of rotatable bonds is 7.